The molecule has 1 amide bonds. The van der Waals surface area contributed by atoms with E-state index in [0.29, 0.717) is 16.5 Å². The van der Waals surface area contributed by atoms with Crippen molar-refractivity contribution in [1.29, 1.82) is 0 Å². The number of rotatable bonds is 4. The summed E-state index contributed by atoms with van der Waals surface area (Å²) in [6.45, 7) is 6.25. The fourth-order valence-corrected chi connectivity index (χ4v) is 2.24. The van der Waals surface area contributed by atoms with Crippen LogP contribution in [0.25, 0.3) is 0 Å². The summed E-state index contributed by atoms with van der Waals surface area (Å²) >= 11 is 9.40. The molecule has 0 bridgehead atoms. The molecule has 4 heteroatoms. The first-order chi connectivity index (χ1) is 7.97. The summed E-state index contributed by atoms with van der Waals surface area (Å²) in [6.07, 6.45) is 0.912. The van der Waals surface area contributed by atoms with E-state index in [1.807, 2.05) is 6.07 Å². The van der Waals surface area contributed by atoms with Gasteiger partial charge < -0.3 is 5.32 Å². The maximum atomic E-state index is 12.1. The number of hydrogen-bond donors (Lipinski definition) is 1. The van der Waals surface area contributed by atoms with Crippen molar-refractivity contribution in [2.75, 3.05) is 0 Å². The molecular weight excluding hydrogens is 302 g/mol. The molecule has 0 aliphatic heterocycles. The van der Waals surface area contributed by atoms with E-state index in [-0.39, 0.29) is 11.9 Å². The van der Waals surface area contributed by atoms with E-state index in [4.69, 9.17) is 11.6 Å². The van der Waals surface area contributed by atoms with E-state index >= 15 is 0 Å². The van der Waals surface area contributed by atoms with Crippen molar-refractivity contribution in [3.8, 4) is 0 Å². The van der Waals surface area contributed by atoms with Crippen molar-refractivity contribution < 1.29 is 4.79 Å². The molecule has 0 aliphatic rings. The Morgan fingerprint density at radius 1 is 1.47 bits per heavy atom. The molecule has 0 spiro atoms. The normalized spacial score (nSPS) is 12.6. The van der Waals surface area contributed by atoms with Crippen LogP contribution in [0.2, 0.25) is 5.02 Å². The summed E-state index contributed by atoms with van der Waals surface area (Å²) in [7, 11) is 0. The quantitative estimate of drug-likeness (QED) is 0.882. The first-order valence-electron chi connectivity index (χ1n) is 5.72. The van der Waals surface area contributed by atoms with Gasteiger partial charge in [0.1, 0.15) is 0 Å². The van der Waals surface area contributed by atoms with Gasteiger partial charge in [0.25, 0.3) is 5.91 Å². The van der Waals surface area contributed by atoms with Gasteiger partial charge in [-0.2, -0.15) is 0 Å². The molecule has 1 atom stereocenters. The summed E-state index contributed by atoms with van der Waals surface area (Å²) < 4.78 is 0.740. The maximum absolute atomic E-state index is 12.1. The van der Waals surface area contributed by atoms with Crippen molar-refractivity contribution >= 4 is 33.4 Å². The third-order valence-electron chi connectivity index (χ3n) is 2.76. The molecule has 0 heterocycles. The zero-order valence-corrected chi connectivity index (χ0v) is 12.6. The van der Waals surface area contributed by atoms with Gasteiger partial charge in [0.15, 0.2) is 0 Å². The standard InChI is InChI=1S/C13H17BrClNO/c1-4-11(8(2)3)16-13(17)9-6-5-7-10(14)12(9)15/h5-8,11H,4H2,1-3H3,(H,16,17). The van der Waals surface area contributed by atoms with Crippen LogP contribution >= 0.6 is 27.5 Å². The van der Waals surface area contributed by atoms with E-state index in [9.17, 15) is 4.79 Å². The SMILES string of the molecule is CCC(NC(=O)c1cccc(Br)c1Cl)C(C)C. The van der Waals surface area contributed by atoms with Crippen LogP contribution in [0.5, 0.6) is 0 Å². The molecular formula is C13H17BrClNO. The van der Waals surface area contributed by atoms with Crippen LogP contribution in [-0.4, -0.2) is 11.9 Å². The van der Waals surface area contributed by atoms with Crippen LogP contribution in [-0.2, 0) is 0 Å². The summed E-state index contributed by atoms with van der Waals surface area (Å²) in [5, 5.41) is 3.47. The topological polar surface area (TPSA) is 29.1 Å². The molecule has 1 rings (SSSR count). The fraction of sp³-hybridized carbons (Fsp3) is 0.462. The smallest absolute Gasteiger partial charge is 0.253 e. The highest BCUT2D eigenvalue weighted by molar-refractivity contribution is 9.10. The lowest BCUT2D eigenvalue weighted by molar-refractivity contribution is 0.0924. The minimum absolute atomic E-state index is 0.114. The van der Waals surface area contributed by atoms with Gasteiger partial charge in [0.2, 0.25) is 0 Å². The molecule has 1 N–H and O–H groups in total. The Labute approximate surface area is 116 Å². The Morgan fingerprint density at radius 2 is 2.12 bits per heavy atom. The van der Waals surface area contributed by atoms with E-state index in [0.717, 1.165) is 10.9 Å². The van der Waals surface area contributed by atoms with Gasteiger partial charge in [-0.1, -0.05) is 38.4 Å². The largest absolute Gasteiger partial charge is 0.349 e. The monoisotopic (exact) mass is 317 g/mol. The van der Waals surface area contributed by atoms with Crippen molar-refractivity contribution in [1.82, 2.24) is 5.32 Å². The highest BCUT2D eigenvalue weighted by atomic mass is 79.9. The van der Waals surface area contributed by atoms with Crippen molar-refractivity contribution in [3.63, 3.8) is 0 Å². The Hall–Kier alpha value is -0.540. The molecule has 0 aliphatic carbocycles. The van der Waals surface area contributed by atoms with Crippen LogP contribution in [0.4, 0.5) is 0 Å². The number of amides is 1. The van der Waals surface area contributed by atoms with E-state index < -0.39 is 0 Å². The number of benzene rings is 1. The van der Waals surface area contributed by atoms with Gasteiger partial charge in [0.05, 0.1) is 10.6 Å². The molecule has 17 heavy (non-hydrogen) atoms. The predicted molar refractivity (Wildman–Crippen MR) is 75.5 cm³/mol. The van der Waals surface area contributed by atoms with Gasteiger partial charge in [0, 0.05) is 10.5 Å². The van der Waals surface area contributed by atoms with Crippen LogP contribution in [0.3, 0.4) is 0 Å². The second kappa shape index (κ2) is 6.41. The van der Waals surface area contributed by atoms with Crippen LogP contribution < -0.4 is 5.32 Å². The number of hydrogen-bond acceptors (Lipinski definition) is 1. The zero-order chi connectivity index (χ0) is 13.0. The van der Waals surface area contributed by atoms with Gasteiger partial charge in [-0.25, -0.2) is 0 Å². The van der Waals surface area contributed by atoms with Crippen molar-refractivity contribution in [2.45, 2.75) is 33.2 Å². The molecule has 1 aromatic carbocycles. The van der Waals surface area contributed by atoms with Crippen molar-refractivity contribution in [3.05, 3.63) is 33.3 Å². The first-order valence-corrected chi connectivity index (χ1v) is 6.89. The van der Waals surface area contributed by atoms with Gasteiger partial charge in [-0.3, -0.25) is 4.79 Å². The first kappa shape index (κ1) is 14.5. The Balaban J connectivity index is 2.86. The molecule has 1 unspecified atom stereocenters. The molecule has 0 radical (unpaired) electrons. The summed E-state index contributed by atoms with van der Waals surface area (Å²) in [4.78, 5) is 12.1. The van der Waals surface area contributed by atoms with Crippen molar-refractivity contribution in [2.24, 2.45) is 5.92 Å². The minimum atomic E-state index is -0.114. The number of nitrogens with one attached hydrogen (secondary N) is 1. The van der Waals surface area contributed by atoms with Gasteiger partial charge in [-0.05, 0) is 40.4 Å². The number of carbonyl (C=O) groups is 1. The number of halogens is 2. The molecule has 0 saturated heterocycles. The third kappa shape index (κ3) is 3.71. The average molecular weight is 319 g/mol. The predicted octanol–water partition coefficient (Wildman–Crippen LogP) is 4.27. The van der Waals surface area contributed by atoms with E-state index in [2.05, 4.69) is 42.0 Å². The zero-order valence-electron chi connectivity index (χ0n) is 10.3. The van der Waals surface area contributed by atoms with E-state index in [1.165, 1.54) is 0 Å². The average Bonchev–Trinajstić information content (AvgIpc) is 2.28. The maximum Gasteiger partial charge on any atom is 0.253 e. The molecule has 0 aromatic heterocycles. The van der Waals surface area contributed by atoms with Crippen LogP contribution in [0, 0.1) is 5.92 Å². The second-order valence-corrected chi connectivity index (χ2v) is 5.57. The molecule has 1 aromatic rings. The number of carbonyl (C=O) groups excluding carboxylic acids is 1. The molecule has 0 saturated carbocycles. The second-order valence-electron chi connectivity index (χ2n) is 4.33. The summed E-state index contributed by atoms with van der Waals surface area (Å²) in [5.41, 5.74) is 0.514. The molecule has 94 valence electrons. The lowest BCUT2D eigenvalue weighted by Crippen LogP contribution is -2.38. The third-order valence-corrected chi connectivity index (χ3v) is 4.05. The fourth-order valence-electron chi connectivity index (χ4n) is 1.67. The summed E-state index contributed by atoms with van der Waals surface area (Å²) in [6, 6.07) is 5.53. The molecule has 2 nitrogen and oxygen atoms in total. The van der Waals surface area contributed by atoms with Crippen LogP contribution in [0.1, 0.15) is 37.6 Å². The lowest BCUT2D eigenvalue weighted by Gasteiger charge is -2.21. The Morgan fingerprint density at radius 3 is 2.65 bits per heavy atom. The summed E-state index contributed by atoms with van der Waals surface area (Å²) in [5.74, 6) is 0.298. The Bertz CT molecular complexity index is 406. The molecule has 0 fully saturated rings. The highest BCUT2D eigenvalue weighted by Crippen LogP contribution is 2.26. The lowest BCUT2D eigenvalue weighted by atomic mass is 10.0. The van der Waals surface area contributed by atoms with Gasteiger partial charge in [-0.15, -0.1) is 0 Å². The minimum Gasteiger partial charge on any atom is -0.349 e. The van der Waals surface area contributed by atoms with E-state index in [1.54, 1.807) is 12.1 Å². The highest BCUT2D eigenvalue weighted by Gasteiger charge is 2.17. The van der Waals surface area contributed by atoms with Gasteiger partial charge >= 0.3 is 0 Å². The Kier molecular flexibility index (Phi) is 5.47. The van der Waals surface area contributed by atoms with Crippen LogP contribution in [0.15, 0.2) is 22.7 Å².